The first-order chi connectivity index (χ1) is 11.7. The predicted molar refractivity (Wildman–Crippen MR) is 98.4 cm³/mol. The number of ether oxygens (including phenoxy) is 1. The minimum atomic E-state index is -0.172. The zero-order valence-corrected chi connectivity index (χ0v) is 14.1. The summed E-state index contributed by atoms with van der Waals surface area (Å²) in [4.78, 5) is 12.0. The van der Waals surface area contributed by atoms with Crippen LogP contribution in [0.15, 0.2) is 54.6 Å². The minimum Gasteiger partial charge on any atom is -0.490 e. The molecule has 1 aliphatic carbocycles. The second-order valence-electron chi connectivity index (χ2n) is 5.92. The van der Waals surface area contributed by atoms with Crippen LogP contribution in [0.5, 0.6) is 5.75 Å². The van der Waals surface area contributed by atoms with E-state index in [1.165, 1.54) is 18.9 Å². The van der Waals surface area contributed by atoms with Gasteiger partial charge in [0.15, 0.2) is 0 Å². The second-order valence-corrected chi connectivity index (χ2v) is 6.36. The van der Waals surface area contributed by atoms with E-state index in [1.807, 2.05) is 36.4 Å². The smallest absolute Gasteiger partial charge is 0.248 e. The highest BCUT2D eigenvalue weighted by atomic mass is 35.5. The molecule has 2 aromatic rings. The topological polar surface area (TPSA) is 38.3 Å². The highest BCUT2D eigenvalue weighted by Crippen LogP contribution is 2.25. The number of halogens is 1. The van der Waals surface area contributed by atoms with Crippen molar-refractivity contribution in [1.29, 1.82) is 0 Å². The first-order valence-corrected chi connectivity index (χ1v) is 8.58. The number of anilines is 1. The third-order valence-corrected chi connectivity index (χ3v) is 4.28. The number of amides is 1. The van der Waals surface area contributed by atoms with Crippen molar-refractivity contribution in [3.8, 4) is 5.75 Å². The van der Waals surface area contributed by atoms with Crippen LogP contribution < -0.4 is 10.1 Å². The van der Waals surface area contributed by atoms with E-state index in [0.717, 1.165) is 29.8 Å². The van der Waals surface area contributed by atoms with Crippen LogP contribution in [0, 0.1) is 0 Å². The number of hydrogen-bond acceptors (Lipinski definition) is 2. The number of hydrogen-bond donors (Lipinski definition) is 1. The number of rotatable bonds is 5. The van der Waals surface area contributed by atoms with E-state index in [2.05, 4.69) is 5.32 Å². The molecule has 0 spiro atoms. The largest absolute Gasteiger partial charge is 0.490 e. The molecular weight excluding hydrogens is 322 g/mol. The Morgan fingerprint density at radius 3 is 2.38 bits per heavy atom. The SMILES string of the molecule is O=C(/C=C/c1ccc(Cl)cc1)Nc1ccc(OC2CCCC2)cc1. The van der Waals surface area contributed by atoms with Gasteiger partial charge in [-0.15, -0.1) is 0 Å². The third kappa shape index (κ3) is 4.87. The van der Waals surface area contributed by atoms with Gasteiger partial charge >= 0.3 is 0 Å². The van der Waals surface area contributed by atoms with Crippen molar-refractivity contribution in [2.75, 3.05) is 5.32 Å². The summed E-state index contributed by atoms with van der Waals surface area (Å²) in [5, 5.41) is 3.51. The third-order valence-electron chi connectivity index (χ3n) is 4.02. The van der Waals surface area contributed by atoms with E-state index in [9.17, 15) is 4.79 Å². The molecule has 1 N–H and O–H groups in total. The molecule has 3 nitrogen and oxygen atoms in total. The molecule has 0 aromatic heterocycles. The molecule has 1 fully saturated rings. The zero-order chi connectivity index (χ0) is 16.8. The fourth-order valence-corrected chi connectivity index (χ4v) is 2.87. The summed E-state index contributed by atoms with van der Waals surface area (Å²) < 4.78 is 5.91. The standard InChI is InChI=1S/C20H20ClNO2/c21-16-8-5-15(6-9-16)7-14-20(23)22-17-10-12-19(13-11-17)24-18-3-1-2-4-18/h5-14,18H,1-4H2,(H,22,23)/b14-7+. The molecular formula is C20H20ClNO2. The average molecular weight is 342 g/mol. The van der Waals surface area contributed by atoms with Crippen LogP contribution in [0.4, 0.5) is 5.69 Å². The molecule has 0 atom stereocenters. The van der Waals surface area contributed by atoms with Gasteiger partial charge in [0, 0.05) is 16.8 Å². The van der Waals surface area contributed by atoms with Crippen molar-refractivity contribution in [3.05, 3.63) is 65.2 Å². The van der Waals surface area contributed by atoms with Gasteiger partial charge in [0.2, 0.25) is 5.91 Å². The first kappa shape index (κ1) is 16.6. The lowest BCUT2D eigenvalue weighted by Crippen LogP contribution is -2.11. The van der Waals surface area contributed by atoms with E-state index in [-0.39, 0.29) is 5.91 Å². The van der Waals surface area contributed by atoms with E-state index in [1.54, 1.807) is 18.2 Å². The quantitative estimate of drug-likeness (QED) is 0.748. The van der Waals surface area contributed by atoms with E-state index in [4.69, 9.17) is 16.3 Å². The number of carbonyl (C=O) groups excluding carboxylic acids is 1. The zero-order valence-electron chi connectivity index (χ0n) is 13.4. The van der Waals surface area contributed by atoms with Crippen LogP contribution >= 0.6 is 11.6 Å². The van der Waals surface area contributed by atoms with E-state index in [0.29, 0.717) is 11.1 Å². The van der Waals surface area contributed by atoms with E-state index < -0.39 is 0 Å². The van der Waals surface area contributed by atoms with Crippen molar-refractivity contribution in [2.45, 2.75) is 31.8 Å². The van der Waals surface area contributed by atoms with Gasteiger partial charge in [0.05, 0.1) is 6.10 Å². The first-order valence-electron chi connectivity index (χ1n) is 8.20. The molecule has 4 heteroatoms. The lowest BCUT2D eigenvalue weighted by atomic mass is 10.2. The second kappa shape index (κ2) is 8.02. The normalized spacial score (nSPS) is 14.9. The molecule has 0 unspecified atom stereocenters. The summed E-state index contributed by atoms with van der Waals surface area (Å²) in [6, 6.07) is 14.8. The summed E-state index contributed by atoms with van der Waals surface area (Å²) in [6.45, 7) is 0. The molecule has 0 heterocycles. The molecule has 124 valence electrons. The molecule has 0 bridgehead atoms. The Labute approximate surface area is 147 Å². The molecule has 1 saturated carbocycles. The van der Waals surface area contributed by atoms with E-state index >= 15 is 0 Å². The molecule has 2 aromatic carbocycles. The Hall–Kier alpha value is -2.26. The molecule has 0 aliphatic heterocycles. The van der Waals surface area contributed by atoms with Crippen LogP contribution in [0.25, 0.3) is 6.08 Å². The van der Waals surface area contributed by atoms with Crippen LogP contribution in [0.2, 0.25) is 5.02 Å². The van der Waals surface area contributed by atoms with Gasteiger partial charge in [-0.05, 0) is 73.7 Å². The Morgan fingerprint density at radius 2 is 1.71 bits per heavy atom. The molecule has 0 saturated heterocycles. The summed E-state index contributed by atoms with van der Waals surface area (Å²) in [5.74, 6) is 0.686. The molecule has 24 heavy (non-hydrogen) atoms. The highest BCUT2D eigenvalue weighted by Gasteiger charge is 2.16. The number of benzene rings is 2. The van der Waals surface area contributed by atoms with Gasteiger partial charge in [0.25, 0.3) is 0 Å². The van der Waals surface area contributed by atoms with Crippen LogP contribution in [-0.4, -0.2) is 12.0 Å². The van der Waals surface area contributed by atoms with Crippen molar-refractivity contribution < 1.29 is 9.53 Å². The maximum absolute atomic E-state index is 12.0. The minimum absolute atomic E-state index is 0.172. The summed E-state index contributed by atoms with van der Waals surface area (Å²) in [6.07, 6.45) is 8.36. The van der Waals surface area contributed by atoms with Crippen molar-refractivity contribution in [2.24, 2.45) is 0 Å². The maximum Gasteiger partial charge on any atom is 0.248 e. The Balaban J connectivity index is 1.53. The number of nitrogens with one attached hydrogen (secondary N) is 1. The van der Waals surface area contributed by atoms with Crippen LogP contribution in [0.1, 0.15) is 31.2 Å². The fourth-order valence-electron chi connectivity index (χ4n) is 2.75. The Kier molecular flexibility index (Phi) is 5.55. The summed E-state index contributed by atoms with van der Waals surface area (Å²) in [7, 11) is 0. The van der Waals surface area contributed by atoms with Gasteiger partial charge in [0.1, 0.15) is 5.75 Å². The molecule has 1 amide bonds. The van der Waals surface area contributed by atoms with Gasteiger partial charge in [-0.3, -0.25) is 4.79 Å². The van der Waals surface area contributed by atoms with Crippen LogP contribution in [-0.2, 0) is 4.79 Å². The van der Waals surface area contributed by atoms with Gasteiger partial charge in [-0.1, -0.05) is 23.7 Å². The lowest BCUT2D eigenvalue weighted by molar-refractivity contribution is -0.111. The predicted octanol–water partition coefficient (Wildman–Crippen LogP) is 5.31. The highest BCUT2D eigenvalue weighted by molar-refractivity contribution is 6.30. The van der Waals surface area contributed by atoms with Gasteiger partial charge in [-0.25, -0.2) is 0 Å². The molecule has 0 radical (unpaired) electrons. The Morgan fingerprint density at radius 1 is 1.04 bits per heavy atom. The summed E-state index contributed by atoms with van der Waals surface area (Å²) in [5.41, 5.74) is 1.68. The number of carbonyl (C=O) groups is 1. The van der Waals surface area contributed by atoms with Crippen molar-refractivity contribution >= 4 is 29.3 Å². The monoisotopic (exact) mass is 341 g/mol. The molecule has 3 rings (SSSR count). The van der Waals surface area contributed by atoms with Gasteiger partial charge in [-0.2, -0.15) is 0 Å². The lowest BCUT2D eigenvalue weighted by Gasteiger charge is -2.13. The van der Waals surface area contributed by atoms with Crippen molar-refractivity contribution in [1.82, 2.24) is 0 Å². The average Bonchev–Trinajstić information content (AvgIpc) is 3.09. The Bertz CT molecular complexity index is 701. The van der Waals surface area contributed by atoms with Crippen LogP contribution in [0.3, 0.4) is 0 Å². The molecule has 1 aliphatic rings. The maximum atomic E-state index is 12.0. The summed E-state index contributed by atoms with van der Waals surface area (Å²) >= 11 is 5.83. The van der Waals surface area contributed by atoms with Crippen molar-refractivity contribution in [3.63, 3.8) is 0 Å². The fraction of sp³-hybridized carbons (Fsp3) is 0.250. The van der Waals surface area contributed by atoms with Gasteiger partial charge < -0.3 is 10.1 Å².